The number of hydrogen-bond donors (Lipinski definition) is 1. The molecule has 0 aromatic rings. The van der Waals surface area contributed by atoms with Gasteiger partial charge in [0.1, 0.15) is 15.6 Å². The highest BCUT2D eigenvalue weighted by molar-refractivity contribution is 7.90. The summed E-state index contributed by atoms with van der Waals surface area (Å²) in [7, 11) is -3.07. The Hall–Kier alpha value is -0.460. The second kappa shape index (κ2) is 6.47. The molecule has 0 amide bonds. The molecule has 6 heteroatoms. The molecule has 0 aromatic carbocycles. The smallest absolute Gasteiger partial charge is 0.147 e. The third-order valence-corrected chi connectivity index (χ3v) is 3.82. The van der Waals surface area contributed by atoms with Crippen LogP contribution < -0.4 is 5.32 Å². The maximum atomic E-state index is 11.9. The van der Waals surface area contributed by atoms with Gasteiger partial charge >= 0.3 is 0 Å². The summed E-state index contributed by atoms with van der Waals surface area (Å²) >= 11 is 0. The van der Waals surface area contributed by atoms with Crippen molar-refractivity contribution in [2.75, 3.05) is 31.8 Å². The molecule has 5 nitrogen and oxygen atoms in total. The molecular formula is C11H21NO4S. The first-order chi connectivity index (χ1) is 7.94. The molecular weight excluding hydrogens is 242 g/mol. The van der Waals surface area contributed by atoms with E-state index in [-0.39, 0.29) is 29.9 Å². The second-order valence-electron chi connectivity index (χ2n) is 4.55. The normalized spacial score (nSPS) is 25.1. The van der Waals surface area contributed by atoms with Crippen molar-refractivity contribution in [3.63, 3.8) is 0 Å². The van der Waals surface area contributed by atoms with Crippen LogP contribution in [0.4, 0.5) is 0 Å². The van der Waals surface area contributed by atoms with Crippen molar-refractivity contribution in [2.45, 2.75) is 25.8 Å². The summed E-state index contributed by atoms with van der Waals surface area (Å²) in [6, 6.07) is 0.0435. The van der Waals surface area contributed by atoms with Gasteiger partial charge in [-0.2, -0.15) is 0 Å². The molecule has 0 saturated carbocycles. The third-order valence-electron chi connectivity index (χ3n) is 2.87. The van der Waals surface area contributed by atoms with Crippen LogP contribution in [0.25, 0.3) is 0 Å². The summed E-state index contributed by atoms with van der Waals surface area (Å²) in [5.41, 5.74) is 0. The monoisotopic (exact) mass is 263 g/mol. The van der Waals surface area contributed by atoms with Gasteiger partial charge < -0.3 is 10.1 Å². The van der Waals surface area contributed by atoms with Gasteiger partial charge in [0.2, 0.25) is 0 Å². The van der Waals surface area contributed by atoms with Crippen LogP contribution >= 0.6 is 0 Å². The van der Waals surface area contributed by atoms with E-state index in [1.807, 2.05) is 0 Å². The molecule has 1 fully saturated rings. The van der Waals surface area contributed by atoms with Crippen LogP contribution in [0.3, 0.4) is 0 Å². The van der Waals surface area contributed by atoms with E-state index in [0.29, 0.717) is 13.2 Å². The number of sulfone groups is 1. The Kier molecular flexibility index (Phi) is 5.55. The van der Waals surface area contributed by atoms with E-state index in [4.69, 9.17) is 4.74 Å². The van der Waals surface area contributed by atoms with Crippen LogP contribution in [0.1, 0.15) is 19.8 Å². The zero-order valence-corrected chi connectivity index (χ0v) is 11.3. The molecule has 100 valence electrons. The SMILES string of the molecule is CCCNC1COCC1C(=O)CCS(C)(=O)=O. The number of rotatable bonds is 7. The molecule has 0 aliphatic carbocycles. The minimum atomic E-state index is -3.07. The van der Waals surface area contributed by atoms with Crippen molar-refractivity contribution in [1.82, 2.24) is 5.32 Å². The quantitative estimate of drug-likeness (QED) is 0.700. The molecule has 0 aromatic heterocycles. The molecule has 1 aliphatic heterocycles. The largest absolute Gasteiger partial charge is 0.379 e. The summed E-state index contributed by atoms with van der Waals surface area (Å²) in [6.07, 6.45) is 2.25. The lowest BCUT2D eigenvalue weighted by Crippen LogP contribution is -2.40. The van der Waals surface area contributed by atoms with E-state index in [0.717, 1.165) is 19.2 Å². The van der Waals surface area contributed by atoms with E-state index in [1.165, 1.54) is 0 Å². The van der Waals surface area contributed by atoms with Crippen LogP contribution in [0.5, 0.6) is 0 Å². The fraction of sp³-hybridized carbons (Fsp3) is 0.909. The molecule has 1 aliphatic rings. The summed E-state index contributed by atoms with van der Waals surface area (Å²) in [6.45, 7) is 3.85. The van der Waals surface area contributed by atoms with Crippen molar-refractivity contribution in [2.24, 2.45) is 5.92 Å². The average Bonchev–Trinajstić information content (AvgIpc) is 2.70. The van der Waals surface area contributed by atoms with Crippen molar-refractivity contribution in [3.05, 3.63) is 0 Å². The molecule has 2 unspecified atom stereocenters. The standard InChI is InChI=1S/C11H21NO4S/c1-3-5-12-10-8-16-7-9(10)11(13)4-6-17(2,14)15/h9-10,12H,3-8H2,1-2H3. The van der Waals surface area contributed by atoms with Gasteiger partial charge in [-0.05, 0) is 13.0 Å². The first-order valence-electron chi connectivity index (χ1n) is 5.95. The zero-order chi connectivity index (χ0) is 12.9. The number of hydrogen-bond acceptors (Lipinski definition) is 5. The van der Waals surface area contributed by atoms with Gasteiger partial charge in [-0.1, -0.05) is 6.92 Å². The number of ketones is 1. The number of nitrogens with one attached hydrogen (secondary N) is 1. The highest BCUT2D eigenvalue weighted by Crippen LogP contribution is 2.16. The van der Waals surface area contributed by atoms with Crippen molar-refractivity contribution >= 4 is 15.6 Å². The van der Waals surface area contributed by atoms with Gasteiger partial charge in [0.05, 0.1) is 24.9 Å². The van der Waals surface area contributed by atoms with Crippen LogP contribution in [-0.4, -0.2) is 52.0 Å². The minimum Gasteiger partial charge on any atom is -0.379 e. The Morgan fingerprint density at radius 1 is 1.41 bits per heavy atom. The van der Waals surface area contributed by atoms with Crippen LogP contribution in [0, 0.1) is 5.92 Å². The highest BCUT2D eigenvalue weighted by atomic mass is 32.2. The zero-order valence-electron chi connectivity index (χ0n) is 10.4. The van der Waals surface area contributed by atoms with Crippen LogP contribution in [0.15, 0.2) is 0 Å². The fourth-order valence-electron chi connectivity index (χ4n) is 1.87. The number of Topliss-reactive ketones (excluding diaryl/α,β-unsaturated/α-hetero) is 1. The lowest BCUT2D eigenvalue weighted by atomic mass is 9.97. The highest BCUT2D eigenvalue weighted by Gasteiger charge is 2.33. The number of ether oxygens (including phenoxy) is 1. The van der Waals surface area contributed by atoms with E-state index in [1.54, 1.807) is 0 Å². The van der Waals surface area contributed by atoms with E-state index in [9.17, 15) is 13.2 Å². The van der Waals surface area contributed by atoms with E-state index < -0.39 is 9.84 Å². The van der Waals surface area contributed by atoms with Gasteiger partial charge in [0.25, 0.3) is 0 Å². The second-order valence-corrected chi connectivity index (χ2v) is 6.81. The van der Waals surface area contributed by atoms with Crippen molar-refractivity contribution in [3.8, 4) is 0 Å². The molecule has 17 heavy (non-hydrogen) atoms. The lowest BCUT2D eigenvalue weighted by Gasteiger charge is -2.17. The van der Waals surface area contributed by atoms with Gasteiger partial charge in [-0.3, -0.25) is 4.79 Å². The summed E-state index contributed by atoms with van der Waals surface area (Å²) in [4.78, 5) is 11.9. The first-order valence-corrected chi connectivity index (χ1v) is 8.01. The van der Waals surface area contributed by atoms with Crippen LogP contribution in [0.2, 0.25) is 0 Å². The van der Waals surface area contributed by atoms with Crippen molar-refractivity contribution < 1.29 is 17.9 Å². The summed E-state index contributed by atoms with van der Waals surface area (Å²) < 4.78 is 27.3. The Morgan fingerprint density at radius 2 is 2.12 bits per heavy atom. The molecule has 0 bridgehead atoms. The summed E-state index contributed by atoms with van der Waals surface area (Å²) in [5.74, 6) is -0.270. The Balaban J connectivity index is 2.44. The summed E-state index contributed by atoms with van der Waals surface area (Å²) in [5, 5.41) is 3.26. The van der Waals surface area contributed by atoms with E-state index >= 15 is 0 Å². The number of carbonyl (C=O) groups is 1. The molecule has 2 atom stereocenters. The van der Waals surface area contributed by atoms with E-state index in [2.05, 4.69) is 12.2 Å². The Bertz CT molecular complexity index is 352. The maximum Gasteiger partial charge on any atom is 0.147 e. The fourth-order valence-corrected chi connectivity index (χ4v) is 2.45. The Labute approximate surface area is 103 Å². The Morgan fingerprint density at radius 3 is 2.71 bits per heavy atom. The lowest BCUT2D eigenvalue weighted by molar-refractivity contribution is -0.122. The molecule has 0 spiro atoms. The topological polar surface area (TPSA) is 72.5 Å². The van der Waals surface area contributed by atoms with Crippen LogP contribution in [-0.2, 0) is 19.4 Å². The first kappa shape index (κ1) is 14.6. The third kappa shape index (κ3) is 5.14. The molecule has 1 heterocycles. The number of carbonyl (C=O) groups excluding carboxylic acids is 1. The predicted octanol–water partition coefficient (Wildman–Crippen LogP) is 0.00480. The van der Waals surface area contributed by atoms with Crippen molar-refractivity contribution in [1.29, 1.82) is 0 Å². The van der Waals surface area contributed by atoms with Gasteiger partial charge in [-0.15, -0.1) is 0 Å². The molecule has 1 N–H and O–H groups in total. The van der Waals surface area contributed by atoms with Gasteiger partial charge in [0.15, 0.2) is 0 Å². The molecule has 1 rings (SSSR count). The average molecular weight is 263 g/mol. The minimum absolute atomic E-state index is 0.0125. The molecule has 0 radical (unpaired) electrons. The maximum absolute atomic E-state index is 11.9. The molecule has 1 saturated heterocycles. The van der Waals surface area contributed by atoms with Gasteiger partial charge in [0, 0.05) is 18.7 Å². The van der Waals surface area contributed by atoms with Gasteiger partial charge in [-0.25, -0.2) is 8.42 Å². The predicted molar refractivity (Wildman–Crippen MR) is 65.7 cm³/mol.